The number of sulfone groups is 1. The molecule has 30 heavy (non-hydrogen) atoms. The van der Waals surface area contributed by atoms with Gasteiger partial charge in [-0.15, -0.1) is 0 Å². The second-order valence-electron chi connectivity index (χ2n) is 6.98. The highest BCUT2D eigenvalue weighted by Gasteiger charge is 2.39. The van der Waals surface area contributed by atoms with E-state index >= 15 is 0 Å². The quantitative estimate of drug-likeness (QED) is 0.656. The van der Waals surface area contributed by atoms with E-state index < -0.39 is 45.9 Å². The van der Waals surface area contributed by atoms with Gasteiger partial charge in [0, 0.05) is 38.3 Å². The number of carbonyl (C=O) groups is 1. The van der Waals surface area contributed by atoms with E-state index in [-0.39, 0.29) is 31.1 Å². The molecule has 1 fully saturated rings. The number of hydrogen-bond acceptors (Lipinski definition) is 8. The molecule has 1 N–H and O–H groups in total. The van der Waals surface area contributed by atoms with Crippen molar-refractivity contribution in [1.82, 2.24) is 24.7 Å². The number of alkyl halides is 2. The van der Waals surface area contributed by atoms with Crippen molar-refractivity contribution in [2.24, 2.45) is 7.05 Å². The number of rotatable bonds is 6. The lowest BCUT2D eigenvalue weighted by molar-refractivity contribution is -0.0379. The Morgan fingerprint density at radius 3 is 2.57 bits per heavy atom. The van der Waals surface area contributed by atoms with Gasteiger partial charge in [-0.2, -0.15) is 10.1 Å². The topological polar surface area (TPSA) is 140 Å². The first-order valence-electron chi connectivity index (χ1n) is 8.91. The van der Waals surface area contributed by atoms with Crippen molar-refractivity contribution in [3.8, 4) is 5.88 Å². The first-order valence-corrected chi connectivity index (χ1v) is 10.8. The van der Waals surface area contributed by atoms with Crippen LogP contribution in [0.5, 0.6) is 5.88 Å². The fourth-order valence-electron chi connectivity index (χ4n) is 3.07. The van der Waals surface area contributed by atoms with Crippen molar-refractivity contribution in [2.75, 3.05) is 11.2 Å². The van der Waals surface area contributed by atoms with Crippen LogP contribution in [0.25, 0.3) is 0 Å². The SMILES string of the molecule is Cn1cnc(COc2cc(N(C(=O)O)C3CCC(F)(F)CC3)nc(S(C)(=O)=O)n2)n1. The summed E-state index contributed by atoms with van der Waals surface area (Å²) in [4.78, 5) is 24.3. The van der Waals surface area contributed by atoms with Crippen molar-refractivity contribution in [1.29, 1.82) is 0 Å². The predicted molar refractivity (Wildman–Crippen MR) is 98.2 cm³/mol. The number of aryl methyl sites for hydroxylation is 1. The molecule has 0 bridgehead atoms. The molecule has 164 valence electrons. The minimum Gasteiger partial charge on any atom is -0.469 e. The molecule has 1 saturated carbocycles. The Bertz CT molecular complexity index is 1030. The Hall–Kier alpha value is -2.90. The molecule has 11 nitrogen and oxygen atoms in total. The van der Waals surface area contributed by atoms with Crippen molar-refractivity contribution < 1.29 is 31.8 Å². The largest absolute Gasteiger partial charge is 0.469 e. The fraction of sp³-hybridized carbons (Fsp3) is 0.562. The van der Waals surface area contributed by atoms with Crippen molar-refractivity contribution in [2.45, 2.75) is 49.4 Å². The van der Waals surface area contributed by atoms with E-state index in [9.17, 15) is 27.1 Å². The van der Waals surface area contributed by atoms with E-state index in [4.69, 9.17) is 4.74 Å². The first kappa shape index (κ1) is 21.8. The van der Waals surface area contributed by atoms with Gasteiger partial charge in [0.25, 0.3) is 5.16 Å². The lowest BCUT2D eigenvalue weighted by atomic mass is 9.91. The number of halogens is 2. The maximum absolute atomic E-state index is 13.5. The molecule has 0 atom stereocenters. The van der Waals surface area contributed by atoms with Gasteiger partial charge < -0.3 is 9.84 Å². The molecule has 0 unspecified atom stereocenters. The van der Waals surface area contributed by atoms with Crippen LogP contribution in [0, 0.1) is 0 Å². The molecule has 2 heterocycles. The van der Waals surface area contributed by atoms with Crippen LogP contribution >= 0.6 is 0 Å². The lowest BCUT2D eigenvalue weighted by Crippen LogP contribution is -2.44. The Labute approximate surface area is 170 Å². The summed E-state index contributed by atoms with van der Waals surface area (Å²) < 4.78 is 57.8. The van der Waals surface area contributed by atoms with Gasteiger partial charge in [-0.05, 0) is 12.8 Å². The van der Waals surface area contributed by atoms with Gasteiger partial charge >= 0.3 is 6.09 Å². The lowest BCUT2D eigenvalue weighted by Gasteiger charge is -2.34. The number of hydrogen-bond donors (Lipinski definition) is 1. The normalized spacial score (nSPS) is 16.9. The van der Waals surface area contributed by atoms with Crippen LogP contribution < -0.4 is 9.64 Å². The summed E-state index contributed by atoms with van der Waals surface area (Å²) in [5.74, 6) is -3.03. The van der Waals surface area contributed by atoms with Crippen LogP contribution in [-0.2, 0) is 23.5 Å². The van der Waals surface area contributed by atoms with Gasteiger partial charge in [0.1, 0.15) is 12.1 Å². The summed E-state index contributed by atoms with van der Waals surface area (Å²) in [5, 5.41) is 13.0. The third-order valence-electron chi connectivity index (χ3n) is 4.50. The maximum atomic E-state index is 13.5. The summed E-state index contributed by atoms with van der Waals surface area (Å²) in [5.41, 5.74) is 0. The summed E-state index contributed by atoms with van der Waals surface area (Å²) in [6.45, 7) is -0.150. The molecule has 0 aromatic carbocycles. The second-order valence-corrected chi connectivity index (χ2v) is 8.89. The number of nitrogens with zero attached hydrogens (tertiary/aromatic N) is 6. The molecule has 1 aliphatic rings. The molecular weight excluding hydrogens is 426 g/mol. The van der Waals surface area contributed by atoms with Crippen LogP contribution in [-0.4, -0.2) is 62.6 Å². The Balaban J connectivity index is 1.93. The molecular formula is C16H20F2N6O5S. The van der Waals surface area contributed by atoms with E-state index in [2.05, 4.69) is 20.1 Å². The first-order chi connectivity index (χ1) is 13.9. The second kappa shape index (κ2) is 8.08. The van der Waals surface area contributed by atoms with Crippen molar-refractivity contribution >= 4 is 21.7 Å². The summed E-state index contributed by atoms with van der Waals surface area (Å²) >= 11 is 0. The summed E-state index contributed by atoms with van der Waals surface area (Å²) in [7, 11) is -2.26. The number of ether oxygens (including phenoxy) is 1. The highest BCUT2D eigenvalue weighted by molar-refractivity contribution is 7.90. The molecule has 14 heteroatoms. The Morgan fingerprint density at radius 2 is 2.03 bits per heavy atom. The molecule has 0 radical (unpaired) electrons. The van der Waals surface area contributed by atoms with Gasteiger partial charge in [0.15, 0.2) is 12.4 Å². The zero-order chi connectivity index (χ0) is 22.1. The zero-order valence-electron chi connectivity index (χ0n) is 16.2. The maximum Gasteiger partial charge on any atom is 0.413 e. The van der Waals surface area contributed by atoms with E-state index in [1.165, 1.54) is 11.0 Å². The molecule has 1 amide bonds. The average molecular weight is 446 g/mol. The molecule has 3 rings (SSSR count). The molecule has 1 aliphatic carbocycles. The minimum absolute atomic E-state index is 0.0917. The molecule has 2 aromatic rings. The van der Waals surface area contributed by atoms with E-state index in [0.717, 1.165) is 17.2 Å². The summed E-state index contributed by atoms with van der Waals surface area (Å²) in [6.07, 6.45) is -0.266. The minimum atomic E-state index is -3.91. The smallest absolute Gasteiger partial charge is 0.413 e. The van der Waals surface area contributed by atoms with Crippen molar-refractivity contribution in [3.63, 3.8) is 0 Å². The number of carboxylic acid groups (broad SMARTS) is 1. The average Bonchev–Trinajstić information content (AvgIpc) is 3.06. The highest BCUT2D eigenvalue weighted by atomic mass is 32.2. The third kappa shape index (κ3) is 5.17. The molecule has 0 spiro atoms. The van der Waals surface area contributed by atoms with E-state index in [0.29, 0.717) is 5.82 Å². The van der Waals surface area contributed by atoms with Crippen molar-refractivity contribution in [3.05, 3.63) is 18.2 Å². The van der Waals surface area contributed by atoms with Crippen LogP contribution in [0.15, 0.2) is 17.6 Å². The van der Waals surface area contributed by atoms with Crippen LogP contribution in [0.1, 0.15) is 31.5 Å². The standard InChI is InChI=1S/C16H20F2N6O5S/c1-23-9-19-11(22-23)8-29-13-7-12(20-14(21-13)30(2,27)28)24(15(25)26)10-3-5-16(17,18)6-4-10/h7,9-10H,3-6,8H2,1-2H3,(H,25,26). The zero-order valence-corrected chi connectivity index (χ0v) is 17.0. The van der Waals surface area contributed by atoms with Crippen LogP contribution in [0.4, 0.5) is 19.4 Å². The number of aromatic nitrogens is 5. The van der Waals surface area contributed by atoms with Crippen LogP contribution in [0.2, 0.25) is 0 Å². The summed E-state index contributed by atoms with van der Waals surface area (Å²) in [6, 6.07) is 0.369. The van der Waals surface area contributed by atoms with E-state index in [1.807, 2.05) is 0 Å². The molecule has 0 saturated heterocycles. The molecule has 2 aromatic heterocycles. The number of amides is 1. The predicted octanol–water partition coefficient (Wildman–Crippen LogP) is 1.65. The Morgan fingerprint density at radius 1 is 1.37 bits per heavy atom. The van der Waals surface area contributed by atoms with E-state index in [1.54, 1.807) is 7.05 Å². The van der Waals surface area contributed by atoms with Crippen LogP contribution in [0.3, 0.4) is 0 Å². The van der Waals surface area contributed by atoms with Gasteiger partial charge in [-0.25, -0.2) is 32.0 Å². The van der Waals surface area contributed by atoms with Gasteiger partial charge in [0.05, 0.1) is 0 Å². The third-order valence-corrected chi connectivity index (χ3v) is 5.35. The highest BCUT2D eigenvalue weighted by Crippen LogP contribution is 2.36. The monoisotopic (exact) mass is 446 g/mol. The van der Waals surface area contributed by atoms with Gasteiger partial charge in [0.2, 0.25) is 21.6 Å². The molecule has 0 aliphatic heterocycles. The number of anilines is 1. The van der Waals surface area contributed by atoms with Gasteiger partial charge in [-0.3, -0.25) is 9.58 Å². The van der Waals surface area contributed by atoms with Gasteiger partial charge in [-0.1, -0.05) is 0 Å². The fourth-order valence-corrected chi connectivity index (χ4v) is 3.58. The Kier molecular flexibility index (Phi) is 5.87.